The summed E-state index contributed by atoms with van der Waals surface area (Å²) in [6.07, 6.45) is -1.98. The predicted octanol–water partition coefficient (Wildman–Crippen LogP) is 2.86. The zero-order valence-electron chi connectivity index (χ0n) is 19.1. The van der Waals surface area contributed by atoms with Gasteiger partial charge in [0.05, 0.1) is 11.3 Å². The smallest absolute Gasteiger partial charge is 0.366 e. The molecular formula is C24H24F3N5O4. The lowest BCUT2D eigenvalue weighted by Crippen LogP contribution is -2.41. The Morgan fingerprint density at radius 3 is 2.58 bits per heavy atom. The maximum Gasteiger partial charge on any atom is 0.492 e. The Labute approximate surface area is 203 Å². The number of nitrogens with one attached hydrogen (secondary N) is 1. The van der Waals surface area contributed by atoms with Crippen molar-refractivity contribution in [1.82, 2.24) is 20.2 Å². The van der Waals surface area contributed by atoms with E-state index in [4.69, 9.17) is 5.73 Å². The van der Waals surface area contributed by atoms with Crippen molar-refractivity contribution in [3.63, 3.8) is 0 Å². The maximum atomic E-state index is 12.4. The largest absolute Gasteiger partial charge is 0.492 e. The van der Waals surface area contributed by atoms with E-state index in [1.807, 2.05) is 30.3 Å². The number of primary amides is 1. The number of nitrogens with zero attached hydrogens (tertiary/aromatic N) is 3. The van der Waals surface area contributed by atoms with Gasteiger partial charge in [-0.3, -0.25) is 9.59 Å². The summed E-state index contributed by atoms with van der Waals surface area (Å²) in [5.41, 5.74) is 7.86. The number of benzene rings is 2. The van der Waals surface area contributed by atoms with Crippen LogP contribution in [0.15, 0.2) is 48.7 Å². The van der Waals surface area contributed by atoms with Crippen LogP contribution < -0.4 is 11.1 Å². The first kappa shape index (κ1) is 25.2. The lowest BCUT2D eigenvalue weighted by molar-refractivity contribution is -0.243. The van der Waals surface area contributed by atoms with Crippen molar-refractivity contribution in [1.29, 1.82) is 0 Å². The Morgan fingerprint density at radius 1 is 1.14 bits per heavy atom. The zero-order valence-corrected chi connectivity index (χ0v) is 19.1. The van der Waals surface area contributed by atoms with Gasteiger partial charge in [-0.25, -0.2) is 9.48 Å². The number of hydrogen-bond donors (Lipinski definition) is 2. The molecule has 2 amide bonds. The van der Waals surface area contributed by atoms with Crippen molar-refractivity contribution in [2.24, 2.45) is 11.7 Å². The van der Waals surface area contributed by atoms with Crippen LogP contribution in [0.4, 0.5) is 13.2 Å². The normalized spacial score (nSPS) is 16.6. The highest BCUT2D eigenvalue weighted by Crippen LogP contribution is 2.23. The minimum absolute atomic E-state index is 0.0691. The van der Waals surface area contributed by atoms with E-state index < -0.39 is 18.1 Å². The first-order valence-electron chi connectivity index (χ1n) is 11.3. The second-order valence-electron chi connectivity index (χ2n) is 8.60. The third-order valence-corrected chi connectivity index (χ3v) is 5.89. The molecular weight excluding hydrogens is 479 g/mol. The molecule has 3 aromatic rings. The van der Waals surface area contributed by atoms with Crippen LogP contribution in [0.1, 0.15) is 35.2 Å². The molecule has 12 heteroatoms. The van der Waals surface area contributed by atoms with E-state index in [9.17, 15) is 27.6 Å². The van der Waals surface area contributed by atoms with E-state index in [1.54, 1.807) is 23.0 Å². The Bertz CT molecular complexity index is 1270. The fraction of sp³-hybridized carbons (Fsp3) is 0.333. The van der Waals surface area contributed by atoms with E-state index in [1.165, 1.54) is 0 Å². The van der Waals surface area contributed by atoms with Crippen LogP contribution in [0.2, 0.25) is 0 Å². The molecule has 9 nitrogen and oxygen atoms in total. The fourth-order valence-corrected chi connectivity index (χ4v) is 4.12. The Morgan fingerprint density at radius 2 is 1.89 bits per heavy atom. The Balaban J connectivity index is 1.30. The van der Waals surface area contributed by atoms with Crippen molar-refractivity contribution < 1.29 is 32.4 Å². The van der Waals surface area contributed by atoms with Crippen LogP contribution >= 0.6 is 0 Å². The molecule has 1 atom stereocenters. The molecule has 2 aromatic carbocycles. The Kier molecular flexibility index (Phi) is 7.25. The van der Waals surface area contributed by atoms with Crippen molar-refractivity contribution in [2.75, 3.05) is 13.1 Å². The number of fused-ring (bicyclic) bond motifs is 1. The molecule has 1 aliphatic heterocycles. The number of amides is 2. The molecule has 190 valence electrons. The standard InChI is InChI=1S/C24H24F3N5O4/c25-24(26,27)23(35)36-31-10-2-3-16(13-31)11-20(33)29-12-15-6-8-18(9-7-15)32-14-17-4-1-5-19(22(28)34)21(17)30-32/h1,4-9,14,16H,2-3,10-13H2,(H2,28,34)(H,29,33). The van der Waals surface area contributed by atoms with E-state index in [0.29, 0.717) is 23.9 Å². The second kappa shape index (κ2) is 10.4. The van der Waals surface area contributed by atoms with Crippen LogP contribution in [0.3, 0.4) is 0 Å². The molecule has 0 saturated carbocycles. The number of hydroxylamine groups is 2. The number of aromatic nitrogens is 2. The first-order valence-corrected chi connectivity index (χ1v) is 11.3. The number of hydrogen-bond acceptors (Lipinski definition) is 6. The third kappa shape index (κ3) is 6.00. The highest BCUT2D eigenvalue weighted by atomic mass is 19.4. The van der Waals surface area contributed by atoms with Gasteiger partial charge >= 0.3 is 12.1 Å². The zero-order chi connectivity index (χ0) is 25.9. The number of piperidine rings is 1. The molecule has 0 spiro atoms. The minimum Gasteiger partial charge on any atom is -0.366 e. The maximum absolute atomic E-state index is 12.4. The van der Waals surface area contributed by atoms with Gasteiger partial charge in [0.1, 0.15) is 5.52 Å². The van der Waals surface area contributed by atoms with E-state index in [2.05, 4.69) is 15.3 Å². The van der Waals surface area contributed by atoms with Gasteiger partial charge in [-0.1, -0.05) is 24.3 Å². The van der Waals surface area contributed by atoms with Crippen LogP contribution in [0.5, 0.6) is 0 Å². The molecule has 2 heterocycles. The van der Waals surface area contributed by atoms with Gasteiger partial charge in [-0.2, -0.15) is 18.3 Å². The van der Waals surface area contributed by atoms with Crippen molar-refractivity contribution in [3.05, 3.63) is 59.8 Å². The lowest BCUT2D eigenvalue weighted by atomic mass is 9.95. The number of alkyl halides is 3. The highest BCUT2D eigenvalue weighted by molar-refractivity contribution is 6.04. The minimum atomic E-state index is -5.06. The molecule has 1 aliphatic rings. The van der Waals surface area contributed by atoms with Crippen molar-refractivity contribution in [3.8, 4) is 5.69 Å². The summed E-state index contributed by atoms with van der Waals surface area (Å²) < 4.78 is 38.8. The molecule has 0 aliphatic carbocycles. The number of rotatable bonds is 7. The fourth-order valence-electron chi connectivity index (χ4n) is 4.12. The molecule has 36 heavy (non-hydrogen) atoms. The average molecular weight is 503 g/mol. The van der Waals surface area contributed by atoms with Crippen molar-refractivity contribution >= 4 is 28.7 Å². The first-order chi connectivity index (χ1) is 17.1. The second-order valence-corrected chi connectivity index (χ2v) is 8.60. The average Bonchev–Trinajstić information content (AvgIpc) is 3.27. The third-order valence-electron chi connectivity index (χ3n) is 5.89. The number of nitrogens with two attached hydrogens (primary N) is 1. The summed E-state index contributed by atoms with van der Waals surface area (Å²) in [7, 11) is 0. The molecule has 0 bridgehead atoms. The molecule has 1 saturated heterocycles. The predicted molar refractivity (Wildman–Crippen MR) is 122 cm³/mol. The number of carbonyl (C=O) groups is 3. The summed E-state index contributed by atoms with van der Waals surface area (Å²) in [6.45, 7) is 0.535. The molecule has 3 N–H and O–H groups in total. The summed E-state index contributed by atoms with van der Waals surface area (Å²) in [6, 6.07) is 12.5. The summed E-state index contributed by atoms with van der Waals surface area (Å²) in [5.74, 6) is -3.28. The lowest BCUT2D eigenvalue weighted by Gasteiger charge is -2.30. The number of halogens is 3. The summed E-state index contributed by atoms with van der Waals surface area (Å²) >= 11 is 0. The van der Waals surface area contributed by atoms with Crippen LogP contribution in [-0.2, 0) is 21.0 Å². The van der Waals surface area contributed by atoms with Crippen molar-refractivity contribution in [2.45, 2.75) is 32.0 Å². The molecule has 1 unspecified atom stereocenters. The van der Waals surface area contributed by atoms with Gasteiger partial charge in [-0.15, -0.1) is 5.06 Å². The monoisotopic (exact) mass is 503 g/mol. The van der Waals surface area contributed by atoms with Gasteiger partial charge in [0.2, 0.25) is 5.91 Å². The molecule has 1 fully saturated rings. The van der Waals surface area contributed by atoms with E-state index in [-0.39, 0.29) is 37.9 Å². The van der Waals surface area contributed by atoms with Gasteiger partial charge in [-0.05, 0) is 42.5 Å². The quantitative estimate of drug-likeness (QED) is 0.512. The highest BCUT2D eigenvalue weighted by Gasteiger charge is 2.43. The van der Waals surface area contributed by atoms with Gasteiger partial charge in [0.25, 0.3) is 5.91 Å². The van der Waals surface area contributed by atoms with Gasteiger partial charge in [0.15, 0.2) is 0 Å². The topological polar surface area (TPSA) is 120 Å². The van der Waals surface area contributed by atoms with Gasteiger partial charge in [0, 0.05) is 37.6 Å². The van der Waals surface area contributed by atoms with Crippen LogP contribution in [0, 0.1) is 5.92 Å². The Hall–Kier alpha value is -3.93. The molecule has 4 rings (SSSR count). The summed E-state index contributed by atoms with van der Waals surface area (Å²) in [4.78, 5) is 39.4. The SMILES string of the molecule is NC(=O)c1cccc2cn(-c3ccc(CNC(=O)CC4CCCN(OC(=O)C(F)(F)F)C4)cc3)nc12. The number of carbonyl (C=O) groups excluding carboxylic acids is 3. The van der Waals surface area contributed by atoms with Crippen LogP contribution in [0.25, 0.3) is 16.6 Å². The molecule has 1 aromatic heterocycles. The van der Waals surface area contributed by atoms with E-state index >= 15 is 0 Å². The summed E-state index contributed by atoms with van der Waals surface area (Å²) in [5, 5.41) is 9.02. The van der Waals surface area contributed by atoms with Gasteiger partial charge < -0.3 is 15.9 Å². The van der Waals surface area contributed by atoms with Crippen LogP contribution in [-0.4, -0.2) is 51.9 Å². The molecule has 0 radical (unpaired) electrons. The van der Waals surface area contributed by atoms with E-state index in [0.717, 1.165) is 21.7 Å².